The van der Waals surface area contributed by atoms with Crippen LogP contribution < -0.4 is 5.73 Å². The summed E-state index contributed by atoms with van der Waals surface area (Å²) in [5, 5.41) is 11.8. The van der Waals surface area contributed by atoms with Gasteiger partial charge in [0.1, 0.15) is 22.6 Å². The summed E-state index contributed by atoms with van der Waals surface area (Å²) < 4.78 is 38.9. The molecule has 2 rings (SSSR count). The number of aromatic nitrogens is 2. The second kappa shape index (κ2) is 5.30. The highest BCUT2D eigenvalue weighted by molar-refractivity contribution is 6.38. The van der Waals surface area contributed by atoms with Gasteiger partial charge in [-0.3, -0.25) is 0 Å². The van der Waals surface area contributed by atoms with Crippen molar-refractivity contribution in [2.24, 2.45) is 0 Å². The predicted octanol–water partition coefficient (Wildman–Crippen LogP) is 4.31. The molecule has 110 valence electrons. The Morgan fingerprint density at radius 1 is 1.19 bits per heavy atom. The summed E-state index contributed by atoms with van der Waals surface area (Å²) in [5.74, 6) is -0.156. The van der Waals surface area contributed by atoms with E-state index in [4.69, 9.17) is 45.8 Å². The Morgan fingerprint density at radius 3 is 2.10 bits per heavy atom. The Morgan fingerprint density at radius 2 is 1.71 bits per heavy atom. The Bertz CT molecular complexity index is 738. The maximum atomic E-state index is 12.7. The monoisotopic (exact) mass is 354 g/mol. The Hall–Kier alpha value is -1.62. The van der Waals surface area contributed by atoms with Crippen molar-refractivity contribution >= 4 is 40.6 Å². The molecule has 0 amide bonds. The molecule has 0 spiro atoms. The summed E-state index contributed by atoms with van der Waals surface area (Å²) in [6, 6.07) is 3.06. The zero-order chi connectivity index (χ0) is 15.9. The molecule has 0 saturated heterocycles. The third-order valence-electron chi connectivity index (χ3n) is 2.52. The molecule has 21 heavy (non-hydrogen) atoms. The van der Waals surface area contributed by atoms with Crippen molar-refractivity contribution in [2.75, 3.05) is 5.73 Å². The molecule has 0 aliphatic rings. The minimum absolute atomic E-state index is 0.0905. The van der Waals surface area contributed by atoms with E-state index in [2.05, 4.69) is 5.10 Å². The number of rotatable bonds is 1. The normalized spacial score (nSPS) is 11.5. The number of nitrogens with zero attached hydrogens (tertiary/aromatic N) is 3. The number of nitrogens with two attached hydrogens (primary N) is 1. The second-order valence-corrected chi connectivity index (χ2v) is 5.05. The van der Waals surface area contributed by atoms with Gasteiger partial charge in [-0.05, 0) is 12.1 Å². The zero-order valence-corrected chi connectivity index (χ0v) is 12.1. The Balaban J connectivity index is 2.70. The van der Waals surface area contributed by atoms with Crippen molar-refractivity contribution in [3.63, 3.8) is 0 Å². The molecule has 0 saturated carbocycles. The number of nitrogen functional groups attached to an aromatic ring is 1. The standard InChI is InChI=1S/C11H4Cl3F3N4/c12-5-1-4(11(15,16)17)2-6(13)9(5)21-10(19)8(14)7(3-18)20-21/h1-2H,19H2. The molecule has 2 aromatic rings. The van der Waals surface area contributed by atoms with Gasteiger partial charge in [0, 0.05) is 0 Å². The van der Waals surface area contributed by atoms with Crippen molar-refractivity contribution in [3.8, 4) is 11.8 Å². The number of halogens is 6. The van der Waals surface area contributed by atoms with Gasteiger partial charge in [0.15, 0.2) is 5.69 Å². The molecule has 0 aliphatic carbocycles. The van der Waals surface area contributed by atoms with Gasteiger partial charge in [0.05, 0.1) is 15.6 Å². The lowest BCUT2D eigenvalue weighted by Gasteiger charge is -2.13. The quantitative estimate of drug-likeness (QED) is 0.829. The van der Waals surface area contributed by atoms with Crippen LogP contribution in [0.4, 0.5) is 19.0 Å². The van der Waals surface area contributed by atoms with Gasteiger partial charge in [0.25, 0.3) is 0 Å². The van der Waals surface area contributed by atoms with E-state index in [9.17, 15) is 13.2 Å². The highest BCUT2D eigenvalue weighted by atomic mass is 35.5. The average Bonchev–Trinajstić information content (AvgIpc) is 2.65. The summed E-state index contributed by atoms with van der Waals surface area (Å²) in [6.45, 7) is 0. The summed E-state index contributed by atoms with van der Waals surface area (Å²) in [5.41, 5.74) is 4.35. The number of hydrogen-bond acceptors (Lipinski definition) is 3. The van der Waals surface area contributed by atoms with Crippen LogP contribution in [-0.4, -0.2) is 9.78 Å². The van der Waals surface area contributed by atoms with E-state index in [0.29, 0.717) is 12.1 Å². The Kier molecular flexibility index (Phi) is 3.97. The lowest BCUT2D eigenvalue weighted by atomic mass is 10.2. The molecule has 0 aliphatic heterocycles. The van der Waals surface area contributed by atoms with Crippen LogP contribution in [0.3, 0.4) is 0 Å². The third-order valence-corrected chi connectivity index (χ3v) is 3.47. The van der Waals surface area contributed by atoms with Gasteiger partial charge in [-0.2, -0.15) is 23.5 Å². The molecule has 4 nitrogen and oxygen atoms in total. The number of benzene rings is 1. The molecule has 0 unspecified atom stereocenters. The molecule has 0 bridgehead atoms. The van der Waals surface area contributed by atoms with Gasteiger partial charge in [-0.25, -0.2) is 4.68 Å². The fraction of sp³-hybridized carbons (Fsp3) is 0.0909. The molecule has 0 radical (unpaired) electrons. The number of alkyl halides is 3. The molecule has 10 heteroatoms. The lowest BCUT2D eigenvalue weighted by molar-refractivity contribution is -0.137. The maximum absolute atomic E-state index is 12.7. The second-order valence-electron chi connectivity index (χ2n) is 3.86. The maximum Gasteiger partial charge on any atom is 0.416 e. The van der Waals surface area contributed by atoms with Crippen LogP contribution in [0.25, 0.3) is 5.69 Å². The van der Waals surface area contributed by atoms with E-state index in [1.165, 1.54) is 0 Å². The third kappa shape index (κ3) is 2.75. The predicted molar refractivity (Wildman–Crippen MR) is 72.7 cm³/mol. The van der Waals surface area contributed by atoms with Crippen LogP contribution in [0.2, 0.25) is 15.1 Å². The first kappa shape index (κ1) is 15.8. The fourth-order valence-corrected chi connectivity index (χ4v) is 2.39. The average molecular weight is 356 g/mol. The van der Waals surface area contributed by atoms with E-state index >= 15 is 0 Å². The van der Waals surface area contributed by atoms with Crippen LogP contribution >= 0.6 is 34.8 Å². The molecular formula is C11H4Cl3F3N4. The first-order chi connectivity index (χ1) is 9.66. The van der Waals surface area contributed by atoms with Crippen molar-refractivity contribution in [1.29, 1.82) is 5.26 Å². The SMILES string of the molecule is N#Cc1nn(-c2c(Cl)cc(C(F)(F)F)cc2Cl)c(N)c1Cl. The van der Waals surface area contributed by atoms with Crippen LogP contribution in [0.5, 0.6) is 0 Å². The van der Waals surface area contributed by atoms with Gasteiger partial charge in [-0.15, -0.1) is 0 Å². The summed E-state index contributed by atoms with van der Waals surface area (Å²) in [4.78, 5) is 0. The summed E-state index contributed by atoms with van der Waals surface area (Å²) in [6.07, 6.45) is -4.60. The minimum Gasteiger partial charge on any atom is -0.382 e. The van der Waals surface area contributed by atoms with Crippen LogP contribution in [0.1, 0.15) is 11.3 Å². The van der Waals surface area contributed by atoms with Gasteiger partial charge >= 0.3 is 6.18 Å². The number of nitriles is 1. The highest BCUT2D eigenvalue weighted by Crippen LogP contribution is 2.39. The van der Waals surface area contributed by atoms with E-state index < -0.39 is 11.7 Å². The number of anilines is 1. The highest BCUT2D eigenvalue weighted by Gasteiger charge is 2.32. The van der Waals surface area contributed by atoms with Crippen molar-refractivity contribution in [2.45, 2.75) is 6.18 Å². The van der Waals surface area contributed by atoms with E-state index in [1.54, 1.807) is 6.07 Å². The van der Waals surface area contributed by atoms with Crippen molar-refractivity contribution < 1.29 is 13.2 Å². The van der Waals surface area contributed by atoms with Gasteiger partial charge in [-0.1, -0.05) is 34.8 Å². The number of hydrogen-bond donors (Lipinski definition) is 1. The molecule has 1 aromatic carbocycles. The van der Waals surface area contributed by atoms with Crippen LogP contribution in [0.15, 0.2) is 12.1 Å². The molecule has 2 N–H and O–H groups in total. The topological polar surface area (TPSA) is 67.6 Å². The minimum atomic E-state index is -4.60. The lowest BCUT2D eigenvalue weighted by Crippen LogP contribution is -2.08. The first-order valence-corrected chi connectivity index (χ1v) is 6.31. The molecule has 0 atom stereocenters. The van der Waals surface area contributed by atoms with Crippen LogP contribution in [-0.2, 0) is 6.18 Å². The fourth-order valence-electron chi connectivity index (χ4n) is 1.59. The summed E-state index contributed by atoms with van der Waals surface area (Å²) in [7, 11) is 0. The van der Waals surface area contributed by atoms with E-state index in [-0.39, 0.29) is 32.3 Å². The van der Waals surface area contributed by atoms with Gasteiger partial charge in [0.2, 0.25) is 0 Å². The van der Waals surface area contributed by atoms with Gasteiger partial charge < -0.3 is 5.73 Å². The van der Waals surface area contributed by atoms with Crippen LogP contribution in [0, 0.1) is 11.3 Å². The van der Waals surface area contributed by atoms with E-state index in [0.717, 1.165) is 4.68 Å². The summed E-state index contributed by atoms with van der Waals surface area (Å²) >= 11 is 17.4. The molecule has 0 fully saturated rings. The first-order valence-electron chi connectivity index (χ1n) is 5.17. The molecule has 1 aromatic heterocycles. The van der Waals surface area contributed by atoms with E-state index in [1.807, 2.05) is 0 Å². The van der Waals surface area contributed by atoms with Crippen molar-refractivity contribution in [1.82, 2.24) is 9.78 Å². The smallest absolute Gasteiger partial charge is 0.382 e. The molecule has 1 heterocycles. The largest absolute Gasteiger partial charge is 0.416 e. The molecular weight excluding hydrogens is 352 g/mol. The Labute approximate surface area is 131 Å². The zero-order valence-electron chi connectivity index (χ0n) is 9.84. The van der Waals surface area contributed by atoms with Crippen molar-refractivity contribution in [3.05, 3.63) is 38.5 Å².